The molecule has 0 unspecified atom stereocenters. The summed E-state index contributed by atoms with van der Waals surface area (Å²) in [6.45, 7) is 4.35. The van der Waals surface area contributed by atoms with Crippen LogP contribution in [0.4, 0.5) is 0 Å². The molecule has 3 aromatic rings. The van der Waals surface area contributed by atoms with Gasteiger partial charge < -0.3 is 13.8 Å². The molecule has 0 radical (unpaired) electrons. The van der Waals surface area contributed by atoms with Crippen molar-refractivity contribution in [3.63, 3.8) is 0 Å². The number of hydrogen-bond donors (Lipinski definition) is 0. The van der Waals surface area contributed by atoms with Gasteiger partial charge in [0.1, 0.15) is 11.3 Å². The second-order valence-electron chi connectivity index (χ2n) is 6.97. The molecule has 0 saturated carbocycles. The largest absolute Gasteiger partial charge is 0.368 e. The van der Waals surface area contributed by atoms with E-state index in [2.05, 4.69) is 37.1 Å². The van der Waals surface area contributed by atoms with Crippen molar-refractivity contribution in [1.82, 2.24) is 30.2 Å². The van der Waals surface area contributed by atoms with Crippen LogP contribution in [-0.2, 0) is 23.3 Å². The molecule has 1 aliphatic heterocycles. The Labute approximate surface area is 163 Å². The number of likely N-dealkylation sites (tertiary alicyclic amines) is 1. The van der Waals surface area contributed by atoms with E-state index < -0.39 is 5.60 Å². The van der Waals surface area contributed by atoms with Gasteiger partial charge >= 0.3 is 0 Å². The summed E-state index contributed by atoms with van der Waals surface area (Å²) in [7, 11) is 1.69. The monoisotopic (exact) mass is 384 g/mol. The molecule has 1 saturated heterocycles. The van der Waals surface area contributed by atoms with Crippen LogP contribution in [0.3, 0.4) is 0 Å². The van der Waals surface area contributed by atoms with Crippen LogP contribution in [0, 0.1) is 0 Å². The third-order valence-corrected chi connectivity index (χ3v) is 5.11. The molecule has 0 bridgehead atoms. The number of pyridine rings is 1. The maximum Gasteiger partial charge on any atom is 0.259 e. The van der Waals surface area contributed by atoms with E-state index in [-0.39, 0.29) is 0 Å². The van der Waals surface area contributed by atoms with Crippen molar-refractivity contribution >= 4 is 0 Å². The van der Waals surface area contributed by atoms with Crippen molar-refractivity contribution < 1.29 is 13.8 Å². The van der Waals surface area contributed by atoms with Crippen molar-refractivity contribution in [3.05, 3.63) is 42.0 Å². The summed E-state index contributed by atoms with van der Waals surface area (Å²) in [6, 6.07) is 5.60. The van der Waals surface area contributed by atoms with E-state index in [1.54, 1.807) is 13.3 Å². The van der Waals surface area contributed by atoms with Gasteiger partial charge in [-0.25, -0.2) is 0 Å². The van der Waals surface area contributed by atoms with Gasteiger partial charge in [0.2, 0.25) is 11.7 Å². The predicted octanol–water partition coefficient (Wildman–Crippen LogP) is 2.60. The molecule has 1 aliphatic rings. The van der Waals surface area contributed by atoms with Gasteiger partial charge in [-0.3, -0.25) is 9.88 Å². The van der Waals surface area contributed by atoms with Gasteiger partial charge in [0.25, 0.3) is 5.89 Å². The lowest BCUT2D eigenvalue weighted by Crippen LogP contribution is -2.43. The van der Waals surface area contributed by atoms with Gasteiger partial charge in [0, 0.05) is 32.8 Å². The number of aryl methyl sites for hydroxylation is 1. The smallest absolute Gasteiger partial charge is 0.259 e. The number of piperidine rings is 1. The van der Waals surface area contributed by atoms with Crippen LogP contribution in [0.1, 0.15) is 43.8 Å². The molecule has 0 aliphatic carbocycles. The number of methoxy groups -OCH3 is 1. The van der Waals surface area contributed by atoms with Crippen LogP contribution in [0.25, 0.3) is 11.5 Å². The molecule has 0 spiro atoms. The van der Waals surface area contributed by atoms with Gasteiger partial charge in [-0.1, -0.05) is 23.3 Å². The number of ether oxygens (including phenoxy) is 1. The standard InChI is InChI=1S/C19H24N6O3/c1-3-6-15-21-16(27-23-15)13-25-11-8-19(26-2,9-12-25)18-22-17(24-28-18)14-7-4-5-10-20-14/h4-5,7,10H,3,6,8-9,11-13H2,1-2H3. The minimum atomic E-state index is -0.585. The highest BCUT2D eigenvalue weighted by atomic mass is 16.5. The summed E-state index contributed by atoms with van der Waals surface area (Å²) in [5.41, 5.74) is 0.0964. The molecular weight excluding hydrogens is 360 g/mol. The fraction of sp³-hybridized carbons (Fsp3) is 0.526. The normalized spacial score (nSPS) is 17.1. The zero-order chi connectivity index (χ0) is 19.4. The highest BCUT2D eigenvalue weighted by Crippen LogP contribution is 2.36. The first kappa shape index (κ1) is 18.7. The zero-order valence-electron chi connectivity index (χ0n) is 16.2. The molecule has 4 heterocycles. The summed E-state index contributed by atoms with van der Waals surface area (Å²) < 4.78 is 16.8. The lowest BCUT2D eigenvalue weighted by molar-refractivity contribution is -0.0847. The summed E-state index contributed by atoms with van der Waals surface area (Å²) in [5, 5.41) is 8.10. The highest BCUT2D eigenvalue weighted by molar-refractivity contribution is 5.47. The Balaban J connectivity index is 1.42. The first-order valence-electron chi connectivity index (χ1n) is 9.57. The molecule has 1 fully saturated rings. The van der Waals surface area contributed by atoms with E-state index in [1.807, 2.05) is 18.2 Å². The maximum absolute atomic E-state index is 5.85. The Kier molecular flexibility index (Phi) is 5.45. The quantitative estimate of drug-likeness (QED) is 0.608. The summed E-state index contributed by atoms with van der Waals surface area (Å²) >= 11 is 0. The summed E-state index contributed by atoms with van der Waals surface area (Å²) in [6.07, 6.45) is 5.03. The third-order valence-electron chi connectivity index (χ3n) is 5.11. The number of nitrogens with zero attached hydrogens (tertiary/aromatic N) is 6. The first-order valence-corrected chi connectivity index (χ1v) is 9.57. The van der Waals surface area contributed by atoms with Crippen molar-refractivity contribution in [1.29, 1.82) is 0 Å². The van der Waals surface area contributed by atoms with Crippen LogP contribution < -0.4 is 0 Å². The minimum absolute atomic E-state index is 0.476. The lowest BCUT2D eigenvalue weighted by atomic mass is 9.91. The fourth-order valence-corrected chi connectivity index (χ4v) is 3.46. The van der Waals surface area contributed by atoms with Crippen LogP contribution in [0.15, 0.2) is 33.4 Å². The molecule has 0 amide bonds. The third kappa shape index (κ3) is 3.81. The average Bonchev–Trinajstić information content (AvgIpc) is 3.40. The Morgan fingerprint density at radius 1 is 1.14 bits per heavy atom. The molecule has 0 atom stereocenters. The molecule has 0 N–H and O–H groups in total. The Hall–Kier alpha value is -2.65. The summed E-state index contributed by atoms with van der Waals surface area (Å²) in [5.74, 6) is 2.40. The topological polar surface area (TPSA) is 103 Å². The van der Waals surface area contributed by atoms with Crippen LogP contribution in [0.5, 0.6) is 0 Å². The van der Waals surface area contributed by atoms with Crippen molar-refractivity contribution in [3.8, 4) is 11.5 Å². The molecule has 4 rings (SSSR count). The van der Waals surface area contributed by atoms with E-state index in [9.17, 15) is 0 Å². The molecule has 28 heavy (non-hydrogen) atoms. The second-order valence-corrected chi connectivity index (χ2v) is 6.97. The fourth-order valence-electron chi connectivity index (χ4n) is 3.46. The molecule has 9 heteroatoms. The minimum Gasteiger partial charge on any atom is -0.368 e. The van der Waals surface area contributed by atoms with Gasteiger partial charge in [0.15, 0.2) is 5.82 Å². The second kappa shape index (κ2) is 8.15. The van der Waals surface area contributed by atoms with Crippen molar-refractivity contribution in [2.75, 3.05) is 20.2 Å². The van der Waals surface area contributed by atoms with E-state index in [0.717, 1.165) is 44.6 Å². The van der Waals surface area contributed by atoms with Crippen LogP contribution >= 0.6 is 0 Å². The summed E-state index contributed by atoms with van der Waals surface area (Å²) in [4.78, 5) is 15.5. The average molecular weight is 384 g/mol. The molecule has 0 aromatic carbocycles. The van der Waals surface area contributed by atoms with Gasteiger partial charge in [-0.05, 0) is 31.4 Å². The lowest BCUT2D eigenvalue weighted by Gasteiger charge is -2.37. The molecule has 148 valence electrons. The molecule has 9 nitrogen and oxygen atoms in total. The van der Waals surface area contributed by atoms with Crippen LogP contribution in [0.2, 0.25) is 0 Å². The number of hydrogen-bond acceptors (Lipinski definition) is 9. The SMILES string of the molecule is CCCc1noc(CN2CCC(OC)(c3nc(-c4ccccn4)no3)CC2)n1. The van der Waals surface area contributed by atoms with Gasteiger partial charge in [0.05, 0.1) is 6.54 Å². The molecular formula is C19H24N6O3. The van der Waals surface area contributed by atoms with E-state index in [4.69, 9.17) is 13.8 Å². The Morgan fingerprint density at radius 2 is 2.00 bits per heavy atom. The molecule has 3 aromatic heterocycles. The van der Waals surface area contributed by atoms with E-state index in [0.29, 0.717) is 29.8 Å². The first-order chi connectivity index (χ1) is 13.7. The number of rotatable bonds is 7. The van der Waals surface area contributed by atoms with Crippen molar-refractivity contribution in [2.45, 2.75) is 44.8 Å². The van der Waals surface area contributed by atoms with Gasteiger partial charge in [-0.2, -0.15) is 9.97 Å². The Bertz CT molecular complexity index is 886. The van der Waals surface area contributed by atoms with Gasteiger partial charge in [-0.15, -0.1) is 0 Å². The van der Waals surface area contributed by atoms with E-state index >= 15 is 0 Å². The van der Waals surface area contributed by atoms with E-state index in [1.165, 1.54) is 0 Å². The highest BCUT2D eigenvalue weighted by Gasteiger charge is 2.41. The zero-order valence-corrected chi connectivity index (χ0v) is 16.2. The number of aromatic nitrogens is 5. The Morgan fingerprint density at radius 3 is 2.71 bits per heavy atom. The maximum atomic E-state index is 5.85. The van der Waals surface area contributed by atoms with Crippen LogP contribution in [-0.4, -0.2) is 50.4 Å². The predicted molar refractivity (Wildman–Crippen MR) is 99.0 cm³/mol. The van der Waals surface area contributed by atoms with Crippen molar-refractivity contribution in [2.24, 2.45) is 0 Å².